The van der Waals surface area contributed by atoms with Crippen LogP contribution in [0.3, 0.4) is 0 Å². The van der Waals surface area contributed by atoms with Crippen LogP contribution < -0.4 is 0 Å². The minimum absolute atomic E-state index is 0.145. The Labute approximate surface area is 126 Å². The summed E-state index contributed by atoms with van der Waals surface area (Å²) in [6.07, 6.45) is 0. The average molecular weight is 320 g/mol. The monoisotopic (exact) mass is 318 g/mol. The second kappa shape index (κ2) is 5.71. The number of aliphatic hydroxyl groups is 1. The lowest BCUT2D eigenvalue weighted by Crippen LogP contribution is -1.98. The number of nitrogens with zero attached hydrogens (tertiary/aromatic N) is 2. The molecule has 0 aliphatic rings. The Morgan fingerprint density at radius 3 is 2.37 bits per heavy atom. The van der Waals surface area contributed by atoms with Crippen molar-refractivity contribution in [3.8, 4) is 5.69 Å². The second-order valence-corrected chi connectivity index (χ2v) is 5.65. The molecule has 0 aliphatic carbocycles. The summed E-state index contributed by atoms with van der Waals surface area (Å²) in [5.74, 6) is 0.170. The molecule has 0 spiro atoms. The van der Waals surface area contributed by atoms with E-state index in [0.29, 0.717) is 26.4 Å². The van der Waals surface area contributed by atoms with Crippen LogP contribution in [0.2, 0.25) is 15.2 Å². The van der Waals surface area contributed by atoms with Crippen LogP contribution >= 0.6 is 34.8 Å². The first-order chi connectivity index (χ1) is 8.95. The van der Waals surface area contributed by atoms with E-state index in [-0.39, 0.29) is 12.5 Å². The van der Waals surface area contributed by atoms with Crippen LogP contribution in [0.4, 0.5) is 0 Å². The van der Waals surface area contributed by atoms with Crippen LogP contribution in [0.15, 0.2) is 18.2 Å². The molecule has 0 saturated carbocycles. The van der Waals surface area contributed by atoms with Crippen LogP contribution in [-0.4, -0.2) is 14.9 Å². The highest BCUT2D eigenvalue weighted by Gasteiger charge is 2.19. The fourth-order valence-corrected chi connectivity index (χ4v) is 2.43. The summed E-state index contributed by atoms with van der Waals surface area (Å²) in [5.41, 5.74) is 2.13. The molecule has 1 aromatic carbocycles. The maximum atomic E-state index is 9.42. The van der Waals surface area contributed by atoms with Crippen molar-refractivity contribution in [3.63, 3.8) is 0 Å². The summed E-state index contributed by atoms with van der Waals surface area (Å²) >= 11 is 18.1. The van der Waals surface area contributed by atoms with E-state index < -0.39 is 0 Å². The van der Waals surface area contributed by atoms with E-state index in [9.17, 15) is 5.11 Å². The number of aliphatic hydroxyl groups excluding tert-OH is 1. The van der Waals surface area contributed by atoms with Crippen molar-refractivity contribution in [1.82, 2.24) is 9.78 Å². The van der Waals surface area contributed by atoms with E-state index in [1.807, 2.05) is 13.8 Å². The summed E-state index contributed by atoms with van der Waals surface area (Å²) in [5, 5.41) is 15.2. The van der Waals surface area contributed by atoms with Gasteiger partial charge in [0.15, 0.2) is 0 Å². The van der Waals surface area contributed by atoms with Gasteiger partial charge in [-0.3, -0.25) is 0 Å². The number of benzene rings is 1. The van der Waals surface area contributed by atoms with E-state index in [1.54, 1.807) is 22.9 Å². The minimum Gasteiger partial charge on any atom is -0.391 e. The average Bonchev–Trinajstić information content (AvgIpc) is 2.70. The summed E-state index contributed by atoms with van der Waals surface area (Å²) in [7, 11) is 0. The Morgan fingerprint density at radius 2 is 1.89 bits per heavy atom. The molecule has 0 radical (unpaired) electrons. The molecule has 2 rings (SSSR count). The topological polar surface area (TPSA) is 38.0 Å². The fraction of sp³-hybridized carbons (Fsp3) is 0.308. The van der Waals surface area contributed by atoms with Crippen molar-refractivity contribution in [3.05, 3.63) is 44.7 Å². The van der Waals surface area contributed by atoms with Gasteiger partial charge in [-0.05, 0) is 24.1 Å². The molecule has 0 aliphatic heterocycles. The Morgan fingerprint density at radius 1 is 1.21 bits per heavy atom. The molecule has 3 nitrogen and oxygen atoms in total. The van der Waals surface area contributed by atoms with Crippen LogP contribution in [0.1, 0.15) is 31.0 Å². The van der Waals surface area contributed by atoms with Crippen molar-refractivity contribution in [2.45, 2.75) is 26.4 Å². The lowest BCUT2D eigenvalue weighted by Gasteiger charge is -2.05. The fourth-order valence-electron chi connectivity index (χ4n) is 1.84. The van der Waals surface area contributed by atoms with Gasteiger partial charge < -0.3 is 5.11 Å². The number of hydrogen-bond acceptors (Lipinski definition) is 2. The molecular formula is C13H13Cl3N2O. The smallest absolute Gasteiger partial charge is 0.138 e. The van der Waals surface area contributed by atoms with Gasteiger partial charge in [-0.2, -0.15) is 5.10 Å². The van der Waals surface area contributed by atoms with Crippen LogP contribution in [0.25, 0.3) is 5.69 Å². The molecular weight excluding hydrogens is 307 g/mol. The van der Waals surface area contributed by atoms with Gasteiger partial charge >= 0.3 is 0 Å². The number of halogens is 3. The lowest BCUT2D eigenvalue weighted by atomic mass is 10.1. The maximum Gasteiger partial charge on any atom is 0.138 e. The Kier molecular flexibility index (Phi) is 4.41. The minimum atomic E-state index is -0.145. The van der Waals surface area contributed by atoms with Gasteiger partial charge in [-0.1, -0.05) is 48.7 Å². The molecule has 0 amide bonds. The summed E-state index contributed by atoms with van der Waals surface area (Å²) < 4.78 is 1.56. The predicted molar refractivity (Wildman–Crippen MR) is 78.6 cm³/mol. The molecule has 0 fully saturated rings. The van der Waals surface area contributed by atoms with E-state index in [4.69, 9.17) is 34.8 Å². The van der Waals surface area contributed by atoms with Crippen molar-refractivity contribution >= 4 is 34.8 Å². The molecule has 0 saturated heterocycles. The Balaban J connectivity index is 2.59. The molecule has 0 unspecified atom stereocenters. The van der Waals surface area contributed by atoms with Gasteiger partial charge in [-0.15, -0.1) is 0 Å². The predicted octanol–water partition coefficient (Wildman–Crippen LogP) is 4.45. The Bertz CT molecular complexity index is 608. The van der Waals surface area contributed by atoms with Gasteiger partial charge in [0, 0.05) is 5.56 Å². The molecule has 1 N–H and O–H groups in total. The first kappa shape index (κ1) is 14.7. The first-order valence-electron chi connectivity index (χ1n) is 5.79. The van der Waals surface area contributed by atoms with E-state index in [1.165, 1.54) is 0 Å². The van der Waals surface area contributed by atoms with E-state index in [0.717, 1.165) is 5.69 Å². The highest BCUT2D eigenvalue weighted by atomic mass is 35.5. The summed E-state index contributed by atoms with van der Waals surface area (Å²) in [6.45, 7) is 3.85. The number of aromatic nitrogens is 2. The summed E-state index contributed by atoms with van der Waals surface area (Å²) in [6, 6.07) is 5.15. The normalized spacial score (nSPS) is 11.3. The zero-order valence-corrected chi connectivity index (χ0v) is 12.8. The number of rotatable bonds is 3. The SMILES string of the molecule is CC(C)c1nn(-c2ccc(Cl)c(Cl)c2)c(Cl)c1CO. The van der Waals surface area contributed by atoms with E-state index >= 15 is 0 Å². The maximum absolute atomic E-state index is 9.42. The first-order valence-corrected chi connectivity index (χ1v) is 6.92. The van der Waals surface area contributed by atoms with Gasteiger partial charge in [0.1, 0.15) is 5.15 Å². The van der Waals surface area contributed by atoms with Gasteiger partial charge in [0.05, 0.1) is 28.0 Å². The third-order valence-electron chi connectivity index (χ3n) is 2.80. The quantitative estimate of drug-likeness (QED) is 0.907. The van der Waals surface area contributed by atoms with Gasteiger partial charge in [0.25, 0.3) is 0 Å². The van der Waals surface area contributed by atoms with E-state index in [2.05, 4.69) is 5.10 Å². The Hall–Kier alpha value is -0.740. The molecule has 19 heavy (non-hydrogen) atoms. The highest BCUT2D eigenvalue weighted by Crippen LogP contribution is 2.30. The largest absolute Gasteiger partial charge is 0.391 e. The zero-order chi connectivity index (χ0) is 14.2. The van der Waals surface area contributed by atoms with Crippen LogP contribution in [0, 0.1) is 0 Å². The van der Waals surface area contributed by atoms with Gasteiger partial charge in [0.2, 0.25) is 0 Å². The third kappa shape index (κ3) is 2.75. The van der Waals surface area contributed by atoms with Crippen molar-refractivity contribution < 1.29 is 5.11 Å². The van der Waals surface area contributed by atoms with Crippen molar-refractivity contribution in [2.24, 2.45) is 0 Å². The standard InChI is InChI=1S/C13H13Cl3N2O/c1-7(2)12-9(6-19)13(16)18(17-12)8-3-4-10(14)11(15)5-8/h3-5,7,19H,6H2,1-2H3. The number of hydrogen-bond donors (Lipinski definition) is 1. The zero-order valence-electron chi connectivity index (χ0n) is 10.5. The molecule has 6 heteroatoms. The highest BCUT2D eigenvalue weighted by molar-refractivity contribution is 6.42. The van der Waals surface area contributed by atoms with Crippen molar-refractivity contribution in [1.29, 1.82) is 0 Å². The lowest BCUT2D eigenvalue weighted by molar-refractivity contribution is 0.280. The molecule has 0 bridgehead atoms. The molecule has 102 valence electrons. The van der Waals surface area contributed by atoms with Crippen LogP contribution in [-0.2, 0) is 6.61 Å². The van der Waals surface area contributed by atoms with Crippen molar-refractivity contribution in [2.75, 3.05) is 0 Å². The van der Waals surface area contributed by atoms with Crippen LogP contribution in [0.5, 0.6) is 0 Å². The summed E-state index contributed by atoms with van der Waals surface area (Å²) in [4.78, 5) is 0. The molecule has 1 aromatic heterocycles. The van der Waals surface area contributed by atoms with Gasteiger partial charge in [-0.25, -0.2) is 4.68 Å². The third-order valence-corrected chi connectivity index (χ3v) is 3.93. The molecule has 1 heterocycles. The second-order valence-electron chi connectivity index (χ2n) is 4.48. The molecule has 0 atom stereocenters. The molecule has 2 aromatic rings.